The van der Waals surface area contributed by atoms with Crippen LogP contribution in [0, 0.1) is 11.6 Å². The number of carboxylic acids is 1. The second kappa shape index (κ2) is 12.0. The van der Waals surface area contributed by atoms with E-state index in [0.29, 0.717) is 30.2 Å². The Labute approximate surface area is 234 Å². The van der Waals surface area contributed by atoms with E-state index in [9.17, 15) is 19.1 Å². The summed E-state index contributed by atoms with van der Waals surface area (Å²) in [6, 6.07) is 16.0. The highest BCUT2D eigenvalue weighted by molar-refractivity contribution is 6.18. The van der Waals surface area contributed by atoms with Crippen LogP contribution < -0.4 is 15.6 Å². The van der Waals surface area contributed by atoms with Gasteiger partial charge in [-0.2, -0.15) is 0 Å². The molecule has 4 aromatic rings. The first-order valence-electron chi connectivity index (χ1n) is 12.9. The number of benzene rings is 3. The maximum absolute atomic E-state index is 15.4. The van der Waals surface area contributed by atoms with Gasteiger partial charge in [0.15, 0.2) is 0 Å². The van der Waals surface area contributed by atoms with Gasteiger partial charge in [-0.3, -0.25) is 9.79 Å². The number of pyridine rings is 1. The Hall–Kier alpha value is -4.08. The number of aromatic carboxylic acids is 1. The molecule has 0 aliphatic carbocycles. The summed E-state index contributed by atoms with van der Waals surface area (Å²) in [7, 11) is 0. The minimum Gasteiger partial charge on any atom is -0.477 e. The van der Waals surface area contributed by atoms with Gasteiger partial charge in [0.1, 0.15) is 17.2 Å². The molecule has 206 valence electrons. The Balaban J connectivity index is 1.40. The van der Waals surface area contributed by atoms with Gasteiger partial charge in [0.05, 0.1) is 17.2 Å². The minimum atomic E-state index is -1.43. The molecule has 0 saturated carbocycles. The smallest absolute Gasteiger partial charge is 0.341 e. The van der Waals surface area contributed by atoms with Crippen molar-refractivity contribution >= 4 is 40.4 Å². The molecule has 40 heavy (non-hydrogen) atoms. The van der Waals surface area contributed by atoms with E-state index in [1.54, 1.807) is 6.07 Å². The molecule has 0 radical (unpaired) electrons. The standard InChI is InChI=1S/C30H27ClF2N4O3/c31-10-11-34-15-19-1-3-20(4-2-19)16-35-22-9-12-36(17-22)28-14-27-24(13-26(28)33)29(38)25(30(39)40)18-37(27)23-7-5-21(32)6-8-23/h1-8,13-14,16,18,22,34H,9-12,15,17H2,(H,39,40). The molecule has 1 fully saturated rings. The van der Waals surface area contributed by atoms with E-state index in [0.717, 1.165) is 36.7 Å². The third-order valence-corrected chi connectivity index (χ3v) is 7.11. The second-order valence-corrected chi connectivity index (χ2v) is 10.00. The Morgan fingerprint density at radius 3 is 2.58 bits per heavy atom. The number of halogens is 3. The topological polar surface area (TPSA) is 86.9 Å². The lowest BCUT2D eigenvalue weighted by Gasteiger charge is -2.21. The maximum Gasteiger partial charge on any atom is 0.341 e. The van der Waals surface area contributed by atoms with Crippen LogP contribution >= 0.6 is 11.6 Å². The van der Waals surface area contributed by atoms with Crippen molar-refractivity contribution in [2.75, 3.05) is 30.4 Å². The predicted molar refractivity (Wildman–Crippen MR) is 154 cm³/mol. The molecule has 2 N–H and O–H groups in total. The summed E-state index contributed by atoms with van der Waals surface area (Å²) in [5, 5.41) is 12.7. The van der Waals surface area contributed by atoms with Gasteiger partial charge in [-0.25, -0.2) is 13.6 Å². The van der Waals surface area contributed by atoms with Crippen LogP contribution in [0.5, 0.6) is 0 Å². The van der Waals surface area contributed by atoms with E-state index in [1.807, 2.05) is 35.4 Å². The van der Waals surface area contributed by atoms with E-state index in [2.05, 4.69) is 5.32 Å². The number of carboxylic acid groups (broad SMARTS) is 1. The SMILES string of the molecule is O=C(O)c1cn(-c2ccc(F)cc2)c2cc(N3CCC(N=Cc4ccc(CNCCCl)cc4)C3)c(F)cc2c1=O. The number of nitrogens with zero attached hydrogens (tertiary/aromatic N) is 3. The average Bonchev–Trinajstić information content (AvgIpc) is 3.42. The van der Waals surface area contributed by atoms with Gasteiger partial charge in [-0.05, 0) is 53.9 Å². The summed E-state index contributed by atoms with van der Waals surface area (Å²) in [4.78, 5) is 31.2. The summed E-state index contributed by atoms with van der Waals surface area (Å²) >= 11 is 5.69. The van der Waals surface area contributed by atoms with Crippen LogP contribution in [0.4, 0.5) is 14.5 Å². The maximum atomic E-state index is 15.4. The molecule has 1 atom stereocenters. The molecule has 0 spiro atoms. The van der Waals surface area contributed by atoms with Crippen LogP contribution in [-0.4, -0.2) is 53.4 Å². The van der Waals surface area contributed by atoms with Gasteiger partial charge in [0, 0.05) is 55.5 Å². The quantitative estimate of drug-likeness (QED) is 0.170. The van der Waals surface area contributed by atoms with Crippen molar-refractivity contribution < 1.29 is 18.7 Å². The lowest BCUT2D eigenvalue weighted by Crippen LogP contribution is -2.23. The molecule has 1 aliphatic rings. The van der Waals surface area contributed by atoms with Crippen molar-refractivity contribution in [3.05, 3.63) is 105 Å². The van der Waals surface area contributed by atoms with Gasteiger partial charge < -0.3 is 19.9 Å². The summed E-state index contributed by atoms with van der Waals surface area (Å²) in [6.07, 6.45) is 3.73. The Bertz CT molecular complexity index is 1620. The molecule has 0 amide bonds. The zero-order chi connectivity index (χ0) is 28.2. The first-order valence-corrected chi connectivity index (χ1v) is 13.4. The van der Waals surface area contributed by atoms with Gasteiger partial charge in [0.2, 0.25) is 5.43 Å². The number of hydrogen-bond acceptors (Lipinski definition) is 5. The summed E-state index contributed by atoms with van der Waals surface area (Å²) in [6.45, 7) is 2.52. The van der Waals surface area contributed by atoms with Crippen LogP contribution in [0.1, 0.15) is 27.9 Å². The molecule has 1 aromatic heterocycles. The second-order valence-electron chi connectivity index (χ2n) is 9.62. The van der Waals surface area contributed by atoms with E-state index < -0.39 is 28.6 Å². The molecule has 7 nitrogen and oxygen atoms in total. The number of fused-ring (bicyclic) bond motifs is 1. The Morgan fingerprint density at radius 2 is 1.88 bits per heavy atom. The number of hydrogen-bond donors (Lipinski definition) is 2. The number of nitrogens with one attached hydrogen (secondary N) is 1. The molecule has 10 heteroatoms. The molecule has 5 rings (SSSR count). The van der Waals surface area contributed by atoms with Crippen molar-refractivity contribution in [2.24, 2.45) is 4.99 Å². The molecule has 1 unspecified atom stereocenters. The number of alkyl halides is 1. The van der Waals surface area contributed by atoms with E-state index in [4.69, 9.17) is 16.6 Å². The van der Waals surface area contributed by atoms with Crippen LogP contribution in [0.15, 0.2) is 76.6 Å². The fraction of sp³-hybridized carbons (Fsp3) is 0.233. The molecular weight excluding hydrogens is 538 g/mol. The third kappa shape index (κ3) is 5.90. The van der Waals surface area contributed by atoms with E-state index in [1.165, 1.54) is 35.0 Å². The van der Waals surface area contributed by atoms with Crippen molar-refractivity contribution in [1.29, 1.82) is 0 Å². The van der Waals surface area contributed by atoms with Crippen LogP contribution in [-0.2, 0) is 6.54 Å². The average molecular weight is 565 g/mol. The van der Waals surface area contributed by atoms with Crippen molar-refractivity contribution in [3.63, 3.8) is 0 Å². The summed E-state index contributed by atoms with van der Waals surface area (Å²) < 4.78 is 30.4. The predicted octanol–water partition coefficient (Wildman–Crippen LogP) is 4.99. The normalized spacial score (nSPS) is 15.4. The van der Waals surface area contributed by atoms with E-state index >= 15 is 4.39 Å². The van der Waals surface area contributed by atoms with Crippen molar-refractivity contribution in [2.45, 2.75) is 19.0 Å². The molecule has 0 bridgehead atoms. The lowest BCUT2D eigenvalue weighted by atomic mass is 10.1. The van der Waals surface area contributed by atoms with Gasteiger partial charge in [0.25, 0.3) is 0 Å². The molecular formula is C30H27ClF2N4O3. The molecule has 2 heterocycles. The first kappa shape index (κ1) is 27.5. The van der Waals surface area contributed by atoms with E-state index in [-0.39, 0.29) is 17.1 Å². The highest BCUT2D eigenvalue weighted by Gasteiger charge is 2.26. The van der Waals surface area contributed by atoms with Crippen LogP contribution in [0.3, 0.4) is 0 Å². The van der Waals surface area contributed by atoms with Crippen LogP contribution in [0.25, 0.3) is 16.6 Å². The zero-order valence-electron chi connectivity index (χ0n) is 21.5. The summed E-state index contributed by atoms with van der Waals surface area (Å²) in [5.41, 5.74) is 1.89. The fourth-order valence-electron chi connectivity index (χ4n) is 4.84. The largest absolute Gasteiger partial charge is 0.477 e. The number of anilines is 1. The monoisotopic (exact) mass is 564 g/mol. The van der Waals surface area contributed by atoms with Gasteiger partial charge in [-0.1, -0.05) is 24.3 Å². The van der Waals surface area contributed by atoms with Crippen molar-refractivity contribution in [1.82, 2.24) is 9.88 Å². The first-order chi connectivity index (χ1) is 19.3. The zero-order valence-corrected chi connectivity index (χ0v) is 22.2. The molecule has 3 aromatic carbocycles. The molecule has 1 saturated heterocycles. The molecule has 1 aliphatic heterocycles. The number of aromatic nitrogens is 1. The minimum absolute atomic E-state index is 0.0474. The third-order valence-electron chi connectivity index (χ3n) is 6.93. The highest BCUT2D eigenvalue weighted by Crippen LogP contribution is 2.30. The van der Waals surface area contributed by atoms with Crippen molar-refractivity contribution in [3.8, 4) is 5.69 Å². The lowest BCUT2D eigenvalue weighted by molar-refractivity contribution is 0.0695. The highest BCUT2D eigenvalue weighted by atomic mass is 35.5. The Morgan fingerprint density at radius 1 is 1.12 bits per heavy atom. The number of rotatable bonds is 9. The summed E-state index contributed by atoms with van der Waals surface area (Å²) in [5.74, 6) is -1.95. The van der Waals surface area contributed by atoms with Crippen LogP contribution in [0.2, 0.25) is 0 Å². The number of carbonyl (C=O) groups is 1. The number of aliphatic imine (C=N–C) groups is 1. The Kier molecular flexibility index (Phi) is 8.23. The van der Waals surface area contributed by atoms with Gasteiger partial charge in [-0.15, -0.1) is 11.6 Å². The van der Waals surface area contributed by atoms with Gasteiger partial charge >= 0.3 is 5.97 Å². The fourth-order valence-corrected chi connectivity index (χ4v) is 4.97.